The molecule has 0 aliphatic carbocycles. The summed E-state index contributed by atoms with van der Waals surface area (Å²) in [7, 11) is 3.09. The van der Waals surface area contributed by atoms with E-state index in [0.29, 0.717) is 33.2 Å². The molecule has 2 aromatic heterocycles. The molecule has 3 heterocycles. The van der Waals surface area contributed by atoms with E-state index in [0.717, 1.165) is 21.3 Å². The summed E-state index contributed by atoms with van der Waals surface area (Å²) in [5, 5.41) is 0.891. The second kappa shape index (κ2) is 8.20. The SMILES string of the molecule is COc1cccc([C@H]2c3c(oc4ccccc4c3=O)C(=O)N2c2nc3c(C)cc(C)cc3s2)c1OC. The van der Waals surface area contributed by atoms with Crippen LogP contribution in [-0.2, 0) is 0 Å². The first kappa shape index (κ1) is 22.3. The highest BCUT2D eigenvalue weighted by molar-refractivity contribution is 7.22. The first-order chi connectivity index (χ1) is 17.4. The molecule has 3 aromatic carbocycles. The molecule has 8 heteroatoms. The lowest BCUT2D eigenvalue weighted by atomic mass is 9.97. The normalized spacial score (nSPS) is 15.1. The van der Waals surface area contributed by atoms with Crippen molar-refractivity contribution in [1.29, 1.82) is 0 Å². The summed E-state index contributed by atoms with van der Waals surface area (Å²) < 4.78 is 18.3. The maximum atomic E-state index is 13.9. The number of aryl methyl sites for hydroxylation is 2. The summed E-state index contributed by atoms with van der Waals surface area (Å²) in [4.78, 5) is 34.2. The molecule has 1 aliphatic heterocycles. The molecule has 0 saturated carbocycles. The predicted molar refractivity (Wildman–Crippen MR) is 140 cm³/mol. The van der Waals surface area contributed by atoms with Crippen LogP contribution < -0.4 is 19.8 Å². The van der Waals surface area contributed by atoms with E-state index in [-0.39, 0.29) is 16.8 Å². The lowest BCUT2D eigenvalue weighted by Gasteiger charge is -2.24. The van der Waals surface area contributed by atoms with Crippen molar-refractivity contribution in [2.24, 2.45) is 0 Å². The number of hydrogen-bond acceptors (Lipinski definition) is 7. The molecule has 36 heavy (non-hydrogen) atoms. The number of ether oxygens (including phenoxy) is 2. The van der Waals surface area contributed by atoms with Gasteiger partial charge in [-0.15, -0.1) is 0 Å². The summed E-state index contributed by atoms with van der Waals surface area (Å²) in [6, 6.07) is 15.7. The Morgan fingerprint density at radius 2 is 1.81 bits per heavy atom. The number of aromatic nitrogens is 1. The van der Waals surface area contributed by atoms with Crippen LogP contribution in [0.4, 0.5) is 5.13 Å². The zero-order valence-electron chi connectivity index (χ0n) is 20.1. The fourth-order valence-corrected chi connectivity index (χ4v) is 6.17. The number of carbonyl (C=O) groups is 1. The average Bonchev–Trinajstić information content (AvgIpc) is 3.42. The van der Waals surface area contributed by atoms with Crippen molar-refractivity contribution in [3.8, 4) is 11.5 Å². The number of carbonyl (C=O) groups excluding carboxylic acids is 1. The molecule has 0 radical (unpaired) electrons. The fourth-order valence-electron chi connectivity index (χ4n) is 5.00. The molecule has 0 unspecified atom stereocenters. The van der Waals surface area contributed by atoms with Gasteiger partial charge in [0.25, 0.3) is 5.91 Å². The molecule has 0 saturated heterocycles. The Kier molecular flexibility index (Phi) is 5.08. The van der Waals surface area contributed by atoms with Gasteiger partial charge in [0.05, 0.1) is 35.4 Å². The summed E-state index contributed by atoms with van der Waals surface area (Å²) in [5.41, 5.74) is 3.93. The van der Waals surface area contributed by atoms with Crippen molar-refractivity contribution in [1.82, 2.24) is 4.98 Å². The quantitative estimate of drug-likeness (QED) is 0.312. The van der Waals surface area contributed by atoms with Gasteiger partial charge in [-0.1, -0.05) is 41.7 Å². The minimum absolute atomic E-state index is 0.0146. The minimum Gasteiger partial charge on any atom is -0.493 e. The summed E-state index contributed by atoms with van der Waals surface area (Å²) in [6.45, 7) is 4.03. The van der Waals surface area contributed by atoms with Crippen LogP contribution in [0.15, 0.2) is 63.8 Å². The second-order valence-corrected chi connectivity index (χ2v) is 9.76. The molecule has 1 atom stereocenters. The van der Waals surface area contributed by atoms with Crippen LogP contribution in [-0.4, -0.2) is 25.1 Å². The van der Waals surface area contributed by atoms with E-state index < -0.39 is 11.9 Å². The van der Waals surface area contributed by atoms with Crippen molar-refractivity contribution >= 4 is 43.6 Å². The monoisotopic (exact) mass is 498 g/mol. The molecule has 180 valence electrons. The molecule has 0 fully saturated rings. The summed E-state index contributed by atoms with van der Waals surface area (Å²) >= 11 is 1.41. The van der Waals surface area contributed by atoms with Gasteiger partial charge in [-0.05, 0) is 49.2 Å². The first-order valence-corrected chi connectivity index (χ1v) is 12.2. The number of methoxy groups -OCH3 is 2. The third kappa shape index (κ3) is 3.14. The van der Waals surface area contributed by atoms with Gasteiger partial charge in [0.2, 0.25) is 5.76 Å². The maximum absolute atomic E-state index is 13.9. The van der Waals surface area contributed by atoms with Crippen LogP contribution in [0.5, 0.6) is 11.5 Å². The largest absolute Gasteiger partial charge is 0.493 e. The van der Waals surface area contributed by atoms with Crippen LogP contribution in [0.3, 0.4) is 0 Å². The minimum atomic E-state index is -0.805. The van der Waals surface area contributed by atoms with E-state index in [1.54, 1.807) is 42.3 Å². The van der Waals surface area contributed by atoms with Crippen molar-refractivity contribution in [2.45, 2.75) is 19.9 Å². The molecular formula is C28H22N2O5S. The molecule has 5 aromatic rings. The van der Waals surface area contributed by atoms with Crippen molar-refractivity contribution in [2.75, 3.05) is 19.1 Å². The lowest BCUT2D eigenvalue weighted by Crippen LogP contribution is -2.29. The Balaban J connectivity index is 1.68. The zero-order valence-corrected chi connectivity index (χ0v) is 20.9. The number of anilines is 1. The van der Waals surface area contributed by atoms with Gasteiger partial charge >= 0.3 is 0 Å². The zero-order chi connectivity index (χ0) is 25.1. The van der Waals surface area contributed by atoms with Gasteiger partial charge in [-0.25, -0.2) is 4.98 Å². The van der Waals surface area contributed by atoms with Crippen molar-refractivity contribution in [3.05, 3.63) is 92.8 Å². The number of rotatable bonds is 4. The molecule has 0 spiro atoms. The van der Waals surface area contributed by atoms with Crippen LogP contribution in [0.25, 0.3) is 21.2 Å². The Labute approximate surface area is 210 Å². The number of para-hydroxylation sites is 2. The number of hydrogen-bond donors (Lipinski definition) is 0. The molecule has 1 amide bonds. The van der Waals surface area contributed by atoms with Gasteiger partial charge in [0, 0.05) is 5.56 Å². The van der Waals surface area contributed by atoms with E-state index >= 15 is 0 Å². The Bertz CT molecular complexity index is 1750. The van der Waals surface area contributed by atoms with Gasteiger partial charge in [-0.2, -0.15) is 0 Å². The Morgan fingerprint density at radius 3 is 2.58 bits per heavy atom. The second-order valence-electron chi connectivity index (χ2n) is 8.76. The highest BCUT2D eigenvalue weighted by Crippen LogP contribution is 2.48. The van der Waals surface area contributed by atoms with Gasteiger partial charge < -0.3 is 13.9 Å². The molecule has 7 nitrogen and oxygen atoms in total. The number of fused-ring (bicyclic) bond motifs is 3. The Morgan fingerprint density at radius 1 is 1.00 bits per heavy atom. The molecule has 1 aliphatic rings. The lowest BCUT2D eigenvalue weighted by molar-refractivity contribution is 0.0970. The highest BCUT2D eigenvalue weighted by atomic mass is 32.1. The first-order valence-electron chi connectivity index (χ1n) is 11.4. The highest BCUT2D eigenvalue weighted by Gasteiger charge is 2.46. The number of benzene rings is 3. The maximum Gasteiger partial charge on any atom is 0.297 e. The van der Waals surface area contributed by atoms with E-state index in [4.69, 9.17) is 18.9 Å². The van der Waals surface area contributed by atoms with Crippen LogP contribution in [0.2, 0.25) is 0 Å². The fraction of sp³-hybridized carbons (Fsp3) is 0.179. The number of nitrogens with zero attached hydrogens (tertiary/aromatic N) is 2. The van der Waals surface area contributed by atoms with E-state index in [1.165, 1.54) is 18.4 Å². The number of thiazole rings is 1. The van der Waals surface area contributed by atoms with Crippen molar-refractivity contribution in [3.63, 3.8) is 0 Å². The molecule has 6 rings (SSSR count). The van der Waals surface area contributed by atoms with Gasteiger partial charge in [-0.3, -0.25) is 14.5 Å². The van der Waals surface area contributed by atoms with Crippen LogP contribution in [0, 0.1) is 13.8 Å². The Hall–Kier alpha value is -4.17. The predicted octanol–water partition coefficient (Wildman–Crippen LogP) is 5.79. The van der Waals surface area contributed by atoms with Gasteiger partial charge in [0.1, 0.15) is 11.6 Å². The van der Waals surface area contributed by atoms with E-state index in [9.17, 15) is 9.59 Å². The average molecular weight is 499 g/mol. The van der Waals surface area contributed by atoms with Crippen LogP contribution >= 0.6 is 11.3 Å². The van der Waals surface area contributed by atoms with Gasteiger partial charge in [0.15, 0.2) is 22.1 Å². The molecule has 0 N–H and O–H groups in total. The van der Waals surface area contributed by atoms with Crippen LogP contribution in [0.1, 0.15) is 38.9 Å². The third-order valence-corrected chi connectivity index (χ3v) is 7.53. The molecular weight excluding hydrogens is 476 g/mol. The summed E-state index contributed by atoms with van der Waals surface area (Å²) in [5.74, 6) is 0.532. The standard InChI is InChI=1S/C28H22N2O5S/c1-14-12-15(2)22-20(13-14)36-28(29-22)30-23(17-9-7-11-19(33-3)25(17)34-4)21-24(31)16-8-5-6-10-18(16)35-26(21)27(30)32/h5-13,23H,1-4H3/t23-/m0/s1. The summed E-state index contributed by atoms with van der Waals surface area (Å²) in [6.07, 6.45) is 0. The third-order valence-electron chi connectivity index (χ3n) is 6.53. The van der Waals surface area contributed by atoms with E-state index in [2.05, 4.69) is 12.1 Å². The number of amides is 1. The topological polar surface area (TPSA) is 81.9 Å². The van der Waals surface area contributed by atoms with Crippen molar-refractivity contribution < 1.29 is 18.7 Å². The van der Waals surface area contributed by atoms with E-state index in [1.807, 2.05) is 26.0 Å². The molecule has 0 bridgehead atoms. The smallest absolute Gasteiger partial charge is 0.297 e.